The molecular weight excluding hydrogens is 267 g/mol. The molecule has 1 atom stereocenters. The Bertz CT molecular complexity index is 376. The molecule has 0 radical (unpaired) electrons. The maximum Gasteiger partial charge on any atom is 0.0443 e. The van der Waals surface area contributed by atoms with Crippen molar-refractivity contribution in [1.29, 1.82) is 0 Å². The number of rotatable bonds is 3. The largest absolute Gasteiger partial charge is 0.330 e. The second-order valence-electron chi connectivity index (χ2n) is 4.90. The SMILES string of the molecule is CC(CN)c1cccc(Cl)c1C1CCNCC1.Cl. The average Bonchev–Trinajstić information content (AvgIpc) is 2.38. The van der Waals surface area contributed by atoms with Crippen molar-refractivity contribution in [3.8, 4) is 0 Å². The first-order valence-electron chi connectivity index (χ1n) is 6.43. The lowest BCUT2D eigenvalue weighted by Gasteiger charge is -2.27. The van der Waals surface area contributed by atoms with Crippen molar-refractivity contribution >= 4 is 24.0 Å². The van der Waals surface area contributed by atoms with Gasteiger partial charge in [-0.3, -0.25) is 0 Å². The van der Waals surface area contributed by atoms with Gasteiger partial charge in [0.2, 0.25) is 0 Å². The molecule has 1 fully saturated rings. The fourth-order valence-corrected chi connectivity index (χ4v) is 2.99. The molecule has 0 amide bonds. The summed E-state index contributed by atoms with van der Waals surface area (Å²) >= 11 is 6.40. The third-order valence-electron chi connectivity index (χ3n) is 3.72. The van der Waals surface area contributed by atoms with Crippen molar-refractivity contribution in [2.75, 3.05) is 19.6 Å². The molecule has 0 aliphatic carbocycles. The standard InChI is InChI=1S/C14H21ClN2.ClH/c1-10(9-16)12-3-2-4-13(15)14(12)11-5-7-17-8-6-11;/h2-4,10-11,17H,5-9,16H2,1H3;1H. The van der Waals surface area contributed by atoms with E-state index in [2.05, 4.69) is 18.3 Å². The van der Waals surface area contributed by atoms with E-state index in [0.717, 1.165) is 18.1 Å². The molecule has 0 saturated carbocycles. The van der Waals surface area contributed by atoms with Gasteiger partial charge in [0, 0.05) is 5.02 Å². The van der Waals surface area contributed by atoms with Crippen LogP contribution in [0.1, 0.15) is 42.7 Å². The summed E-state index contributed by atoms with van der Waals surface area (Å²) in [5.74, 6) is 0.979. The highest BCUT2D eigenvalue weighted by Crippen LogP contribution is 2.36. The van der Waals surface area contributed by atoms with Gasteiger partial charge >= 0.3 is 0 Å². The molecule has 1 aromatic rings. The quantitative estimate of drug-likeness (QED) is 0.896. The first-order valence-corrected chi connectivity index (χ1v) is 6.81. The fourth-order valence-electron chi connectivity index (χ4n) is 2.65. The van der Waals surface area contributed by atoms with E-state index in [1.54, 1.807) is 0 Å². The Morgan fingerprint density at radius 2 is 2.06 bits per heavy atom. The number of benzene rings is 1. The Hall–Kier alpha value is -0.280. The molecule has 1 aliphatic rings. The van der Waals surface area contributed by atoms with E-state index in [0.29, 0.717) is 18.4 Å². The molecule has 2 nitrogen and oxygen atoms in total. The molecule has 102 valence electrons. The van der Waals surface area contributed by atoms with Gasteiger partial charge in [-0.25, -0.2) is 0 Å². The molecular formula is C14H22Cl2N2. The van der Waals surface area contributed by atoms with E-state index in [1.165, 1.54) is 24.0 Å². The summed E-state index contributed by atoms with van der Waals surface area (Å²) in [6.07, 6.45) is 2.35. The van der Waals surface area contributed by atoms with Gasteiger partial charge < -0.3 is 11.1 Å². The number of halogens is 2. The lowest BCUT2D eigenvalue weighted by molar-refractivity contribution is 0.457. The van der Waals surface area contributed by atoms with E-state index in [9.17, 15) is 0 Å². The first-order chi connectivity index (χ1) is 8.24. The van der Waals surface area contributed by atoms with Crippen LogP contribution in [0.2, 0.25) is 5.02 Å². The van der Waals surface area contributed by atoms with Gasteiger partial charge in [0.25, 0.3) is 0 Å². The summed E-state index contributed by atoms with van der Waals surface area (Å²) in [7, 11) is 0. The van der Waals surface area contributed by atoms with Gasteiger partial charge in [-0.2, -0.15) is 0 Å². The highest BCUT2D eigenvalue weighted by atomic mass is 35.5. The predicted molar refractivity (Wildman–Crippen MR) is 81.0 cm³/mol. The lowest BCUT2D eigenvalue weighted by atomic mass is 9.83. The van der Waals surface area contributed by atoms with E-state index in [1.807, 2.05) is 12.1 Å². The highest BCUT2D eigenvalue weighted by Gasteiger charge is 2.22. The molecule has 1 unspecified atom stereocenters. The van der Waals surface area contributed by atoms with Crippen molar-refractivity contribution in [2.24, 2.45) is 5.73 Å². The summed E-state index contributed by atoms with van der Waals surface area (Å²) in [6.45, 7) is 5.03. The minimum atomic E-state index is 0. The van der Waals surface area contributed by atoms with Crippen LogP contribution < -0.4 is 11.1 Å². The van der Waals surface area contributed by atoms with Crippen LogP contribution in [-0.2, 0) is 0 Å². The molecule has 2 rings (SSSR count). The maximum absolute atomic E-state index is 6.40. The average molecular weight is 289 g/mol. The van der Waals surface area contributed by atoms with Crippen LogP contribution >= 0.6 is 24.0 Å². The lowest BCUT2D eigenvalue weighted by Crippen LogP contribution is -2.27. The Morgan fingerprint density at radius 1 is 1.39 bits per heavy atom. The van der Waals surface area contributed by atoms with E-state index in [-0.39, 0.29) is 12.4 Å². The van der Waals surface area contributed by atoms with Crippen LogP contribution in [0.4, 0.5) is 0 Å². The number of piperidine rings is 1. The molecule has 0 spiro atoms. The van der Waals surface area contributed by atoms with Crippen LogP contribution in [0.5, 0.6) is 0 Å². The minimum absolute atomic E-state index is 0. The first kappa shape index (κ1) is 15.8. The monoisotopic (exact) mass is 288 g/mol. The summed E-state index contributed by atoms with van der Waals surface area (Å²) in [4.78, 5) is 0. The highest BCUT2D eigenvalue weighted by molar-refractivity contribution is 6.31. The zero-order valence-electron chi connectivity index (χ0n) is 10.8. The molecule has 3 N–H and O–H groups in total. The second kappa shape index (κ2) is 7.34. The summed E-state index contributed by atoms with van der Waals surface area (Å²) in [5, 5.41) is 4.31. The van der Waals surface area contributed by atoms with Crippen LogP contribution in [0.15, 0.2) is 18.2 Å². The molecule has 0 aromatic heterocycles. The van der Waals surface area contributed by atoms with Crippen LogP contribution in [0.3, 0.4) is 0 Å². The molecule has 1 saturated heterocycles. The summed E-state index contributed by atoms with van der Waals surface area (Å²) in [5.41, 5.74) is 8.48. The zero-order valence-corrected chi connectivity index (χ0v) is 12.4. The van der Waals surface area contributed by atoms with Crippen molar-refractivity contribution in [3.63, 3.8) is 0 Å². The van der Waals surface area contributed by atoms with Crippen molar-refractivity contribution < 1.29 is 0 Å². The number of nitrogens with one attached hydrogen (secondary N) is 1. The van der Waals surface area contributed by atoms with Gasteiger partial charge in [-0.1, -0.05) is 30.7 Å². The van der Waals surface area contributed by atoms with Gasteiger partial charge in [-0.05, 0) is 61.5 Å². The fraction of sp³-hybridized carbons (Fsp3) is 0.571. The van der Waals surface area contributed by atoms with Crippen LogP contribution in [-0.4, -0.2) is 19.6 Å². The Morgan fingerprint density at radius 3 is 2.67 bits per heavy atom. The topological polar surface area (TPSA) is 38.0 Å². The molecule has 1 aliphatic heterocycles. The minimum Gasteiger partial charge on any atom is -0.330 e. The van der Waals surface area contributed by atoms with Crippen LogP contribution in [0, 0.1) is 0 Å². The van der Waals surface area contributed by atoms with E-state index >= 15 is 0 Å². The molecule has 1 heterocycles. The normalized spacial score (nSPS) is 18.2. The van der Waals surface area contributed by atoms with Crippen molar-refractivity contribution in [1.82, 2.24) is 5.32 Å². The zero-order chi connectivity index (χ0) is 12.3. The number of nitrogens with two attached hydrogens (primary N) is 1. The Kier molecular flexibility index (Phi) is 6.44. The smallest absolute Gasteiger partial charge is 0.0443 e. The third-order valence-corrected chi connectivity index (χ3v) is 4.05. The molecule has 0 bridgehead atoms. The van der Waals surface area contributed by atoms with Crippen molar-refractivity contribution in [3.05, 3.63) is 34.3 Å². The van der Waals surface area contributed by atoms with Crippen LogP contribution in [0.25, 0.3) is 0 Å². The van der Waals surface area contributed by atoms with Gasteiger partial charge in [0.15, 0.2) is 0 Å². The second-order valence-corrected chi connectivity index (χ2v) is 5.31. The van der Waals surface area contributed by atoms with Gasteiger partial charge in [-0.15, -0.1) is 12.4 Å². The predicted octanol–water partition coefficient (Wildman–Crippen LogP) is 3.29. The number of hydrogen-bond donors (Lipinski definition) is 2. The van der Waals surface area contributed by atoms with E-state index in [4.69, 9.17) is 17.3 Å². The Balaban J connectivity index is 0.00000162. The van der Waals surface area contributed by atoms with Gasteiger partial charge in [0.1, 0.15) is 0 Å². The van der Waals surface area contributed by atoms with E-state index < -0.39 is 0 Å². The van der Waals surface area contributed by atoms with Crippen molar-refractivity contribution in [2.45, 2.75) is 31.6 Å². The Labute approximate surface area is 121 Å². The maximum atomic E-state index is 6.40. The summed E-state index contributed by atoms with van der Waals surface area (Å²) in [6, 6.07) is 6.22. The number of hydrogen-bond acceptors (Lipinski definition) is 2. The molecule has 4 heteroatoms. The third kappa shape index (κ3) is 3.39. The molecule has 18 heavy (non-hydrogen) atoms. The summed E-state index contributed by atoms with van der Waals surface area (Å²) < 4.78 is 0. The van der Waals surface area contributed by atoms with Gasteiger partial charge in [0.05, 0.1) is 0 Å². The molecule has 1 aromatic carbocycles.